The number of hydrogen-bond acceptors (Lipinski definition) is 6. The molecule has 0 aliphatic rings. The molecule has 0 radical (unpaired) electrons. The van der Waals surface area contributed by atoms with Gasteiger partial charge in [0.25, 0.3) is 0 Å². The molecule has 0 aliphatic carbocycles. The molecule has 0 saturated carbocycles. The minimum atomic E-state index is -1.25. The van der Waals surface area contributed by atoms with Gasteiger partial charge in [-0.25, -0.2) is 0 Å². The zero-order valence-electron chi connectivity index (χ0n) is 7.71. The zero-order valence-corrected chi connectivity index (χ0v) is 7.71. The summed E-state index contributed by atoms with van der Waals surface area (Å²) in [6.07, 6.45) is -2.82. The molecule has 0 aliphatic heterocycles. The van der Waals surface area contributed by atoms with Crippen molar-refractivity contribution < 1.29 is 24.5 Å². The number of carbonyl (C=O) groups excluding carboxylic acids is 1. The van der Waals surface area contributed by atoms with Crippen LogP contribution in [0.5, 0.6) is 0 Å². The van der Waals surface area contributed by atoms with Crippen LogP contribution in [0.15, 0.2) is 0 Å². The van der Waals surface area contributed by atoms with E-state index < -0.39 is 36.7 Å². The fourth-order valence-corrected chi connectivity index (χ4v) is 0.638. The predicted octanol–water partition coefficient (Wildman–Crippen LogP) is -2.00. The van der Waals surface area contributed by atoms with Gasteiger partial charge in [0.05, 0.1) is 12.5 Å². The summed E-state index contributed by atoms with van der Waals surface area (Å²) in [5.41, 5.74) is 10.4. The lowest BCUT2D eigenvalue weighted by Gasteiger charge is -2.16. The van der Waals surface area contributed by atoms with Crippen LogP contribution in [0, 0.1) is 0 Å². The maximum atomic E-state index is 11.0. The highest BCUT2D eigenvalue weighted by Crippen LogP contribution is 1.97. The molecule has 0 amide bonds. The molecule has 6 N–H and O–H groups in total. The lowest BCUT2D eigenvalue weighted by molar-refractivity contribution is -0.155. The summed E-state index contributed by atoms with van der Waals surface area (Å²) in [6, 6.07) is -1.21. The maximum absolute atomic E-state index is 11.0. The fraction of sp³-hybridized carbons (Fsp3) is 0.714. The average molecular weight is 206 g/mol. The molecule has 7 heteroatoms. The Kier molecular flexibility index (Phi) is 5.06. The summed E-state index contributed by atoms with van der Waals surface area (Å²) in [5, 5.41) is 17.2. The van der Waals surface area contributed by atoms with Crippen molar-refractivity contribution in [2.45, 2.75) is 31.7 Å². The van der Waals surface area contributed by atoms with E-state index in [-0.39, 0.29) is 0 Å². The molecule has 0 spiro atoms. The van der Waals surface area contributed by atoms with Crippen molar-refractivity contribution >= 4 is 11.9 Å². The van der Waals surface area contributed by atoms with Crippen LogP contribution in [0.3, 0.4) is 0 Å². The quantitative estimate of drug-likeness (QED) is 0.301. The number of carboxylic acid groups (broad SMARTS) is 1. The van der Waals surface area contributed by atoms with Crippen LogP contribution in [0.1, 0.15) is 13.3 Å². The van der Waals surface area contributed by atoms with Crippen LogP contribution in [0.2, 0.25) is 0 Å². The first kappa shape index (κ1) is 12.8. The summed E-state index contributed by atoms with van der Waals surface area (Å²) >= 11 is 0. The van der Waals surface area contributed by atoms with E-state index in [0.29, 0.717) is 0 Å². The normalized spacial score (nSPS) is 16.9. The summed E-state index contributed by atoms with van der Waals surface area (Å²) in [7, 11) is 0. The molecule has 14 heavy (non-hydrogen) atoms. The van der Waals surface area contributed by atoms with E-state index in [0.717, 1.165) is 0 Å². The first-order valence-electron chi connectivity index (χ1n) is 3.96. The van der Waals surface area contributed by atoms with Crippen LogP contribution in [-0.4, -0.2) is 40.5 Å². The summed E-state index contributed by atoms with van der Waals surface area (Å²) in [6.45, 7) is 1.31. The number of nitrogens with two attached hydrogens (primary N) is 2. The molecule has 7 nitrogen and oxygen atoms in total. The first-order valence-corrected chi connectivity index (χ1v) is 3.96. The van der Waals surface area contributed by atoms with Gasteiger partial charge in [-0.1, -0.05) is 0 Å². The van der Waals surface area contributed by atoms with Crippen molar-refractivity contribution in [2.75, 3.05) is 0 Å². The van der Waals surface area contributed by atoms with Crippen LogP contribution in [-0.2, 0) is 14.3 Å². The van der Waals surface area contributed by atoms with E-state index in [1.54, 1.807) is 0 Å². The second-order valence-corrected chi connectivity index (χ2v) is 2.84. The van der Waals surface area contributed by atoms with Gasteiger partial charge >= 0.3 is 11.9 Å². The standard InChI is InChI=1S/C7H14N2O5/c1-3(10)6(9)7(13)14-4(8)2-5(11)12/h3-4,6,10H,2,8-9H2,1H3,(H,11,12)/t3-,4-,6+/m1/s1. The molecule has 82 valence electrons. The smallest absolute Gasteiger partial charge is 0.327 e. The molecule has 3 atom stereocenters. The number of ether oxygens (including phenoxy) is 1. The van der Waals surface area contributed by atoms with E-state index >= 15 is 0 Å². The molecule has 0 rings (SSSR count). The zero-order chi connectivity index (χ0) is 11.3. The van der Waals surface area contributed by atoms with Crippen molar-refractivity contribution in [1.29, 1.82) is 0 Å². The number of aliphatic hydroxyl groups is 1. The highest BCUT2D eigenvalue weighted by atomic mass is 16.6. The molecule has 0 saturated heterocycles. The van der Waals surface area contributed by atoms with Crippen molar-refractivity contribution in [3.63, 3.8) is 0 Å². The van der Waals surface area contributed by atoms with Gasteiger partial charge in [-0.3, -0.25) is 15.3 Å². The second kappa shape index (κ2) is 5.53. The summed E-state index contributed by atoms with van der Waals surface area (Å²) < 4.78 is 4.46. The Hall–Kier alpha value is -1.18. The van der Waals surface area contributed by atoms with Crippen molar-refractivity contribution in [3.8, 4) is 0 Å². The number of carboxylic acids is 1. The minimum absolute atomic E-state index is 0.502. The van der Waals surface area contributed by atoms with E-state index in [2.05, 4.69) is 4.74 Å². The minimum Gasteiger partial charge on any atom is -0.481 e. The van der Waals surface area contributed by atoms with Gasteiger partial charge in [0.15, 0.2) is 6.23 Å². The maximum Gasteiger partial charge on any atom is 0.327 e. The Balaban J connectivity index is 3.99. The Bertz CT molecular complexity index is 218. The summed E-state index contributed by atoms with van der Waals surface area (Å²) in [4.78, 5) is 21.1. The lowest BCUT2D eigenvalue weighted by Crippen LogP contribution is -2.44. The molecular weight excluding hydrogens is 192 g/mol. The van der Waals surface area contributed by atoms with Crippen LogP contribution < -0.4 is 11.5 Å². The Labute approximate surface area is 80.6 Å². The molecule has 0 unspecified atom stereocenters. The molecular formula is C7H14N2O5. The van der Waals surface area contributed by atoms with E-state index in [1.807, 2.05) is 0 Å². The fourth-order valence-electron chi connectivity index (χ4n) is 0.638. The number of aliphatic carboxylic acids is 1. The van der Waals surface area contributed by atoms with Crippen LogP contribution >= 0.6 is 0 Å². The highest BCUT2D eigenvalue weighted by molar-refractivity contribution is 5.76. The van der Waals surface area contributed by atoms with Crippen LogP contribution in [0.25, 0.3) is 0 Å². The van der Waals surface area contributed by atoms with Crippen molar-refractivity contribution in [1.82, 2.24) is 0 Å². The number of aliphatic hydroxyl groups excluding tert-OH is 1. The van der Waals surface area contributed by atoms with Crippen LogP contribution in [0.4, 0.5) is 0 Å². The number of rotatable bonds is 5. The van der Waals surface area contributed by atoms with E-state index in [1.165, 1.54) is 6.92 Å². The molecule has 0 aromatic heterocycles. The SMILES string of the molecule is C[C@@H](O)[C@H](N)C(=O)O[C@@H](N)CC(=O)O. The Morgan fingerprint density at radius 2 is 1.93 bits per heavy atom. The predicted molar refractivity (Wildman–Crippen MR) is 46.0 cm³/mol. The number of esters is 1. The van der Waals surface area contributed by atoms with E-state index in [4.69, 9.17) is 21.7 Å². The third-order valence-corrected chi connectivity index (χ3v) is 1.44. The van der Waals surface area contributed by atoms with Crippen molar-refractivity contribution in [3.05, 3.63) is 0 Å². The first-order chi connectivity index (χ1) is 6.34. The lowest BCUT2D eigenvalue weighted by atomic mass is 10.2. The van der Waals surface area contributed by atoms with Gasteiger partial charge in [0.1, 0.15) is 6.04 Å². The highest BCUT2D eigenvalue weighted by Gasteiger charge is 2.23. The number of hydrogen-bond donors (Lipinski definition) is 4. The molecule has 0 aromatic rings. The second-order valence-electron chi connectivity index (χ2n) is 2.84. The topological polar surface area (TPSA) is 136 Å². The van der Waals surface area contributed by atoms with Gasteiger partial charge in [0, 0.05) is 0 Å². The summed E-state index contributed by atoms with van der Waals surface area (Å²) in [5.74, 6) is -2.11. The Morgan fingerprint density at radius 3 is 2.29 bits per heavy atom. The van der Waals surface area contributed by atoms with Gasteiger partial charge in [-0.15, -0.1) is 0 Å². The molecule has 0 fully saturated rings. The molecule has 0 bridgehead atoms. The van der Waals surface area contributed by atoms with E-state index in [9.17, 15) is 9.59 Å². The van der Waals surface area contributed by atoms with Gasteiger partial charge < -0.3 is 20.7 Å². The third kappa shape index (κ3) is 4.75. The van der Waals surface area contributed by atoms with Gasteiger partial charge in [0.2, 0.25) is 0 Å². The molecule has 0 aromatic carbocycles. The number of carbonyl (C=O) groups is 2. The average Bonchev–Trinajstić information content (AvgIpc) is 2.00. The molecule has 0 heterocycles. The largest absolute Gasteiger partial charge is 0.481 e. The van der Waals surface area contributed by atoms with Gasteiger partial charge in [-0.05, 0) is 6.92 Å². The van der Waals surface area contributed by atoms with Crippen molar-refractivity contribution in [2.24, 2.45) is 11.5 Å². The monoisotopic (exact) mass is 206 g/mol. The third-order valence-electron chi connectivity index (χ3n) is 1.44. The van der Waals surface area contributed by atoms with Gasteiger partial charge in [-0.2, -0.15) is 0 Å². The Morgan fingerprint density at radius 1 is 1.43 bits per heavy atom.